The van der Waals surface area contributed by atoms with Crippen molar-refractivity contribution in [2.24, 2.45) is 22.2 Å². The molecule has 6 N–H and O–H groups in total. The predicted molar refractivity (Wildman–Crippen MR) is 200 cm³/mol. The molecule has 1 fully saturated rings. The van der Waals surface area contributed by atoms with Crippen molar-refractivity contribution in [2.45, 2.75) is 126 Å². The Bertz CT molecular complexity index is 1190. The van der Waals surface area contributed by atoms with Crippen LogP contribution < -0.4 is 31.3 Å². The van der Waals surface area contributed by atoms with Crippen LogP contribution in [0.15, 0.2) is 12.7 Å². The number of amides is 5. The molecule has 5 amide bonds. The zero-order chi connectivity index (χ0) is 38.4. The van der Waals surface area contributed by atoms with Gasteiger partial charge in [0.25, 0.3) is 5.91 Å². The Balaban J connectivity index is 3.27. The quantitative estimate of drug-likeness (QED) is 0.0674. The van der Waals surface area contributed by atoms with Gasteiger partial charge in [0, 0.05) is 38.5 Å². The summed E-state index contributed by atoms with van der Waals surface area (Å²) in [6.45, 7) is 25.4. The molecule has 13 nitrogen and oxygen atoms in total. The molecule has 0 aromatic rings. The summed E-state index contributed by atoms with van der Waals surface area (Å²) in [6, 6.07) is -3.68. The molecule has 288 valence electrons. The minimum Gasteiger partial charge on any atom is -0.346 e. The summed E-state index contributed by atoms with van der Waals surface area (Å²) in [4.78, 5) is 69.4. The van der Waals surface area contributed by atoms with Crippen molar-refractivity contribution in [2.75, 3.05) is 39.0 Å². The molecule has 1 saturated heterocycles. The van der Waals surface area contributed by atoms with Gasteiger partial charge in [-0.25, -0.2) is 13.7 Å². The maximum atomic E-state index is 14.5. The molecule has 0 spiro atoms. The highest BCUT2D eigenvalue weighted by Gasteiger charge is 2.50. The molecule has 6 atom stereocenters. The highest BCUT2D eigenvalue weighted by molar-refractivity contribution is 7.82. The van der Waals surface area contributed by atoms with Gasteiger partial charge in [0.05, 0.1) is 17.0 Å². The molecule has 0 bridgehead atoms. The summed E-state index contributed by atoms with van der Waals surface area (Å²) in [6.07, 6.45) is 6.06. The monoisotopic (exact) mass is 725 g/mol. The number of hydrogen-bond acceptors (Lipinski definition) is 7. The van der Waals surface area contributed by atoms with E-state index >= 15 is 0 Å². The molecule has 0 saturated carbocycles. The van der Waals surface area contributed by atoms with Crippen LogP contribution in [0.4, 0.5) is 4.79 Å². The van der Waals surface area contributed by atoms with E-state index in [9.17, 15) is 28.2 Å². The second-order valence-electron chi connectivity index (χ2n) is 16.5. The van der Waals surface area contributed by atoms with Crippen LogP contribution in [0, 0.1) is 22.2 Å². The Morgan fingerprint density at radius 1 is 0.920 bits per heavy atom. The van der Waals surface area contributed by atoms with Gasteiger partial charge in [-0.3, -0.25) is 19.2 Å². The second kappa shape index (κ2) is 20.3. The van der Waals surface area contributed by atoms with Crippen LogP contribution in [-0.4, -0.2) is 102 Å². The Morgan fingerprint density at radius 2 is 1.56 bits per heavy atom. The average molecular weight is 726 g/mol. The number of Topliss-reactive ketones (excluding diaryl/α,β-unsaturated/α-hetero) is 1. The number of ketones is 1. The summed E-state index contributed by atoms with van der Waals surface area (Å²) in [7, 11) is -1.07. The van der Waals surface area contributed by atoms with Crippen molar-refractivity contribution >= 4 is 40.5 Å². The topological polar surface area (TPSA) is 178 Å². The Morgan fingerprint density at radius 3 is 2.08 bits per heavy atom. The number of likely N-dealkylation sites (tertiary alicyclic amines) is 1. The van der Waals surface area contributed by atoms with Crippen LogP contribution in [-0.2, 0) is 30.2 Å². The molecule has 1 aliphatic heterocycles. The van der Waals surface area contributed by atoms with E-state index in [2.05, 4.69) is 37.9 Å². The van der Waals surface area contributed by atoms with Gasteiger partial charge in [0.15, 0.2) is 0 Å². The van der Waals surface area contributed by atoms with Crippen LogP contribution in [0.3, 0.4) is 0 Å². The molecule has 0 aromatic carbocycles. The Labute approximate surface area is 303 Å². The number of nitrogens with zero attached hydrogens (tertiary/aromatic N) is 1. The van der Waals surface area contributed by atoms with Gasteiger partial charge >= 0.3 is 6.03 Å². The molecule has 1 heterocycles. The van der Waals surface area contributed by atoms with Gasteiger partial charge in [0.1, 0.15) is 12.1 Å². The van der Waals surface area contributed by atoms with E-state index in [0.717, 1.165) is 12.8 Å². The number of carbonyl (C=O) groups is 5. The minimum atomic E-state index is -1.07. The lowest BCUT2D eigenvalue weighted by molar-refractivity contribution is -0.145. The van der Waals surface area contributed by atoms with E-state index in [1.165, 1.54) is 6.08 Å². The number of hydrogen-bond donors (Lipinski definition) is 6. The average Bonchev–Trinajstić information content (AvgIpc) is 3.46. The highest BCUT2D eigenvalue weighted by atomic mass is 32.2. The van der Waals surface area contributed by atoms with Gasteiger partial charge in [-0.2, -0.15) is 0 Å². The fourth-order valence-electron chi connectivity index (χ4n) is 6.01. The van der Waals surface area contributed by atoms with Crippen molar-refractivity contribution in [1.29, 1.82) is 0 Å². The minimum absolute atomic E-state index is 0.124. The lowest BCUT2D eigenvalue weighted by Gasteiger charge is -2.39. The summed E-state index contributed by atoms with van der Waals surface area (Å²) in [5.41, 5.74) is -1.37. The van der Waals surface area contributed by atoms with Gasteiger partial charge in [0.2, 0.25) is 17.6 Å². The van der Waals surface area contributed by atoms with E-state index in [0.29, 0.717) is 39.0 Å². The van der Waals surface area contributed by atoms with Crippen molar-refractivity contribution in [3.63, 3.8) is 0 Å². The standard InChI is InChI=1S/C36H67N7O6S/c1-13-15-17-25(28(44)31(46)38-19-14-2)40-30(45)27-24(34(3,4)5)18-22-43(27)32(47)29(36(9,10)11)42-33(48)41-26(35(6,7)8)23-37-20-16-21-39-50(12)49/h14,24-27,29,37,39H,2,13,15-23H2,1,3-12H3,(H,38,46)(H,40,45)(H2,41,42,48)/t24-,25?,26+,27-,29+,50?/m0/s1. The largest absolute Gasteiger partial charge is 0.346 e. The van der Waals surface area contributed by atoms with Gasteiger partial charge in [-0.1, -0.05) is 88.2 Å². The second-order valence-corrected chi connectivity index (χ2v) is 17.7. The molecular formula is C36H67N7O6S. The smallest absolute Gasteiger partial charge is 0.315 e. The van der Waals surface area contributed by atoms with Crippen molar-refractivity contribution in [3.8, 4) is 0 Å². The summed E-state index contributed by atoms with van der Waals surface area (Å²) in [5.74, 6) is -2.64. The summed E-state index contributed by atoms with van der Waals surface area (Å²) in [5, 5.41) is 14.7. The molecule has 0 aromatic heterocycles. The van der Waals surface area contributed by atoms with E-state index in [1.54, 1.807) is 11.2 Å². The van der Waals surface area contributed by atoms with Crippen LogP contribution in [0.5, 0.6) is 0 Å². The first-order chi connectivity index (χ1) is 23.1. The van der Waals surface area contributed by atoms with Crippen molar-refractivity contribution in [1.82, 2.24) is 36.2 Å². The van der Waals surface area contributed by atoms with Gasteiger partial charge in [-0.05, 0) is 48.0 Å². The molecule has 0 aliphatic carbocycles. The third kappa shape index (κ3) is 14.8. The maximum absolute atomic E-state index is 14.5. The molecule has 50 heavy (non-hydrogen) atoms. The van der Waals surface area contributed by atoms with E-state index in [4.69, 9.17) is 0 Å². The van der Waals surface area contributed by atoms with Crippen LogP contribution in [0.1, 0.15) is 101 Å². The number of nitrogens with one attached hydrogen (secondary N) is 6. The van der Waals surface area contributed by atoms with Gasteiger partial charge in [-0.15, -0.1) is 6.58 Å². The fraction of sp³-hybridized carbons (Fsp3) is 0.806. The fourth-order valence-corrected chi connectivity index (χ4v) is 6.44. The normalized spacial score (nSPS) is 19.1. The first kappa shape index (κ1) is 45.2. The number of urea groups is 1. The zero-order valence-corrected chi connectivity index (χ0v) is 33.4. The molecule has 1 aliphatic rings. The molecule has 2 unspecified atom stereocenters. The number of carbonyl (C=O) groups excluding carboxylic acids is 5. The molecule has 14 heteroatoms. The third-order valence-electron chi connectivity index (χ3n) is 9.10. The van der Waals surface area contributed by atoms with E-state index < -0.39 is 58.2 Å². The zero-order valence-electron chi connectivity index (χ0n) is 32.5. The SMILES string of the molecule is C=CCNC(=O)C(=O)C(CCCC)NC(=O)[C@@H]1[C@@H](C(C)(C)C)CCN1C(=O)[C@@H](NC(=O)N[C@H](CNCCCNS(C)=O)C(C)(C)C)C(C)(C)C. The summed E-state index contributed by atoms with van der Waals surface area (Å²) < 4.78 is 14.1. The maximum Gasteiger partial charge on any atom is 0.315 e. The van der Waals surface area contributed by atoms with E-state index in [1.807, 2.05) is 69.2 Å². The lowest BCUT2D eigenvalue weighted by atomic mass is 9.75. The van der Waals surface area contributed by atoms with Crippen molar-refractivity contribution in [3.05, 3.63) is 12.7 Å². The first-order valence-corrected chi connectivity index (χ1v) is 19.5. The Kier molecular flexibility index (Phi) is 18.3. The van der Waals surface area contributed by atoms with Gasteiger partial charge < -0.3 is 31.5 Å². The Hall–Kier alpha value is -2.84. The molecule has 1 rings (SSSR count). The number of unbranched alkanes of at least 4 members (excludes halogenated alkanes) is 1. The highest BCUT2D eigenvalue weighted by Crippen LogP contribution is 2.40. The van der Waals surface area contributed by atoms with Crippen LogP contribution in [0.2, 0.25) is 0 Å². The summed E-state index contributed by atoms with van der Waals surface area (Å²) >= 11 is 0. The van der Waals surface area contributed by atoms with Crippen molar-refractivity contribution < 1.29 is 28.2 Å². The predicted octanol–water partition coefficient (Wildman–Crippen LogP) is 2.79. The third-order valence-corrected chi connectivity index (χ3v) is 9.71. The lowest BCUT2D eigenvalue weighted by Crippen LogP contribution is -2.62. The first-order valence-electron chi connectivity index (χ1n) is 17.9. The molecular weight excluding hydrogens is 659 g/mol. The number of rotatable bonds is 19. The van der Waals surface area contributed by atoms with Crippen LogP contribution >= 0.6 is 0 Å². The van der Waals surface area contributed by atoms with E-state index in [-0.39, 0.29) is 41.7 Å². The molecule has 0 radical (unpaired) electrons. The van der Waals surface area contributed by atoms with Crippen LogP contribution in [0.25, 0.3) is 0 Å².